The van der Waals surface area contributed by atoms with Crippen LogP contribution in [0.4, 0.5) is 11.5 Å². The Morgan fingerprint density at radius 2 is 2.17 bits per heavy atom. The van der Waals surface area contributed by atoms with E-state index in [9.17, 15) is 10.1 Å². The van der Waals surface area contributed by atoms with Crippen LogP contribution in [0.15, 0.2) is 12.1 Å². The molecule has 6 heteroatoms. The molecule has 2 atom stereocenters. The fraction of sp³-hybridized carbons (Fsp3) is 0.583. The third-order valence-corrected chi connectivity index (χ3v) is 3.86. The smallest absolute Gasteiger partial charge is 0.311 e. The summed E-state index contributed by atoms with van der Waals surface area (Å²) in [5, 5.41) is 11.3. The molecular weight excluding hydrogens is 254 g/mol. The SMILES string of the molecule is CC1CCN(c2nc(Cl)ccc2[N+](=O)[O-])CC1C. The highest BCUT2D eigenvalue weighted by molar-refractivity contribution is 6.29. The van der Waals surface area contributed by atoms with Crippen LogP contribution in [-0.2, 0) is 0 Å². The summed E-state index contributed by atoms with van der Waals surface area (Å²) in [4.78, 5) is 16.7. The van der Waals surface area contributed by atoms with Crippen molar-refractivity contribution in [2.45, 2.75) is 20.3 Å². The Labute approximate surface area is 111 Å². The van der Waals surface area contributed by atoms with E-state index in [1.54, 1.807) is 0 Å². The molecule has 5 nitrogen and oxygen atoms in total. The standard InChI is InChI=1S/C12H16ClN3O2/c1-8-5-6-15(7-9(8)2)12-10(16(17)18)3-4-11(13)14-12/h3-4,8-9H,5-7H2,1-2H3. The van der Waals surface area contributed by atoms with Gasteiger partial charge < -0.3 is 4.90 Å². The van der Waals surface area contributed by atoms with Crippen molar-refractivity contribution in [2.24, 2.45) is 11.8 Å². The maximum atomic E-state index is 11.0. The number of rotatable bonds is 2. The molecule has 18 heavy (non-hydrogen) atoms. The minimum Gasteiger partial charge on any atom is -0.351 e. The molecule has 1 fully saturated rings. The maximum absolute atomic E-state index is 11.0. The molecule has 2 unspecified atom stereocenters. The van der Waals surface area contributed by atoms with E-state index >= 15 is 0 Å². The molecule has 1 aromatic rings. The lowest BCUT2D eigenvalue weighted by atomic mass is 9.89. The van der Waals surface area contributed by atoms with E-state index in [1.165, 1.54) is 12.1 Å². The van der Waals surface area contributed by atoms with Crippen molar-refractivity contribution in [1.82, 2.24) is 4.98 Å². The van der Waals surface area contributed by atoms with Gasteiger partial charge in [-0.2, -0.15) is 0 Å². The summed E-state index contributed by atoms with van der Waals surface area (Å²) in [6.45, 7) is 5.95. The molecule has 0 aliphatic carbocycles. The zero-order valence-corrected chi connectivity index (χ0v) is 11.2. The lowest BCUT2D eigenvalue weighted by molar-refractivity contribution is -0.384. The third kappa shape index (κ3) is 2.56. The maximum Gasteiger partial charge on any atom is 0.311 e. The third-order valence-electron chi connectivity index (χ3n) is 3.65. The number of pyridine rings is 1. The van der Waals surface area contributed by atoms with Gasteiger partial charge in [-0.05, 0) is 24.3 Å². The molecule has 2 heterocycles. The lowest BCUT2D eigenvalue weighted by Gasteiger charge is -2.35. The molecule has 0 aromatic carbocycles. The van der Waals surface area contributed by atoms with Crippen molar-refractivity contribution >= 4 is 23.1 Å². The molecule has 0 spiro atoms. The summed E-state index contributed by atoms with van der Waals surface area (Å²) in [6.07, 6.45) is 1.02. The van der Waals surface area contributed by atoms with E-state index in [0.717, 1.165) is 19.5 Å². The van der Waals surface area contributed by atoms with Crippen LogP contribution in [0.2, 0.25) is 5.15 Å². The van der Waals surface area contributed by atoms with Crippen molar-refractivity contribution < 1.29 is 4.92 Å². The quantitative estimate of drug-likeness (QED) is 0.470. The highest BCUT2D eigenvalue weighted by Gasteiger charge is 2.28. The molecule has 98 valence electrons. The van der Waals surface area contributed by atoms with Crippen LogP contribution >= 0.6 is 11.6 Å². The number of hydrogen-bond acceptors (Lipinski definition) is 4. The minimum absolute atomic E-state index is 0.0288. The largest absolute Gasteiger partial charge is 0.351 e. The Hall–Kier alpha value is -1.36. The second kappa shape index (κ2) is 5.10. The van der Waals surface area contributed by atoms with Gasteiger partial charge in [0, 0.05) is 19.2 Å². The van der Waals surface area contributed by atoms with Crippen LogP contribution in [0.25, 0.3) is 0 Å². The first-order valence-corrected chi connectivity index (χ1v) is 6.42. The van der Waals surface area contributed by atoms with Gasteiger partial charge in [0.2, 0.25) is 5.82 Å². The van der Waals surface area contributed by atoms with Crippen LogP contribution in [0.5, 0.6) is 0 Å². The van der Waals surface area contributed by atoms with E-state index in [-0.39, 0.29) is 5.69 Å². The molecule has 0 amide bonds. The first-order valence-electron chi connectivity index (χ1n) is 6.05. The van der Waals surface area contributed by atoms with Gasteiger partial charge in [-0.25, -0.2) is 4.98 Å². The molecule has 1 saturated heterocycles. The number of nitrogens with zero attached hydrogens (tertiary/aromatic N) is 3. The van der Waals surface area contributed by atoms with E-state index in [0.29, 0.717) is 22.8 Å². The fourth-order valence-electron chi connectivity index (χ4n) is 2.25. The predicted molar refractivity (Wildman–Crippen MR) is 71.1 cm³/mol. The summed E-state index contributed by atoms with van der Waals surface area (Å²) < 4.78 is 0. The van der Waals surface area contributed by atoms with E-state index in [1.807, 2.05) is 4.90 Å². The fourth-order valence-corrected chi connectivity index (χ4v) is 2.39. The van der Waals surface area contributed by atoms with Crippen LogP contribution in [-0.4, -0.2) is 23.0 Å². The summed E-state index contributed by atoms with van der Waals surface area (Å²) in [5.74, 6) is 1.53. The number of piperidine rings is 1. The topological polar surface area (TPSA) is 59.3 Å². The number of aromatic nitrogens is 1. The molecule has 0 bridgehead atoms. The number of anilines is 1. The Balaban J connectivity index is 2.32. The van der Waals surface area contributed by atoms with Crippen molar-refractivity contribution in [3.05, 3.63) is 27.4 Å². The number of hydrogen-bond donors (Lipinski definition) is 0. The van der Waals surface area contributed by atoms with E-state index in [2.05, 4.69) is 18.8 Å². The average molecular weight is 270 g/mol. The van der Waals surface area contributed by atoms with Crippen molar-refractivity contribution in [3.8, 4) is 0 Å². The molecule has 1 aliphatic rings. The van der Waals surface area contributed by atoms with Crippen molar-refractivity contribution in [2.75, 3.05) is 18.0 Å². The predicted octanol–water partition coefficient (Wildman–Crippen LogP) is 3.13. The van der Waals surface area contributed by atoms with E-state index < -0.39 is 4.92 Å². The van der Waals surface area contributed by atoms with Gasteiger partial charge in [0.15, 0.2) is 0 Å². The second-order valence-corrected chi connectivity index (χ2v) is 5.31. The minimum atomic E-state index is -0.401. The van der Waals surface area contributed by atoms with Gasteiger partial charge >= 0.3 is 5.69 Å². The van der Waals surface area contributed by atoms with Gasteiger partial charge in [0.1, 0.15) is 5.15 Å². The number of halogens is 1. The zero-order valence-electron chi connectivity index (χ0n) is 10.5. The average Bonchev–Trinajstić information content (AvgIpc) is 2.32. The Morgan fingerprint density at radius 3 is 2.78 bits per heavy atom. The molecule has 0 radical (unpaired) electrons. The summed E-state index contributed by atoms with van der Waals surface area (Å²) in [5.41, 5.74) is 0.0288. The monoisotopic (exact) mass is 269 g/mol. The normalized spacial score (nSPS) is 24.1. The summed E-state index contributed by atoms with van der Waals surface area (Å²) in [7, 11) is 0. The highest BCUT2D eigenvalue weighted by atomic mass is 35.5. The van der Waals surface area contributed by atoms with Gasteiger partial charge in [-0.15, -0.1) is 0 Å². The van der Waals surface area contributed by atoms with Crippen LogP contribution in [0.3, 0.4) is 0 Å². The lowest BCUT2D eigenvalue weighted by Crippen LogP contribution is -2.39. The molecule has 2 rings (SSSR count). The van der Waals surface area contributed by atoms with Crippen LogP contribution in [0.1, 0.15) is 20.3 Å². The highest BCUT2D eigenvalue weighted by Crippen LogP contribution is 2.32. The molecule has 0 saturated carbocycles. The Morgan fingerprint density at radius 1 is 1.44 bits per heavy atom. The molecule has 1 aromatic heterocycles. The first kappa shape index (κ1) is 13.1. The summed E-state index contributed by atoms with van der Waals surface area (Å²) >= 11 is 5.85. The molecule has 0 N–H and O–H groups in total. The van der Waals surface area contributed by atoms with Gasteiger partial charge in [-0.1, -0.05) is 25.4 Å². The first-order chi connectivity index (χ1) is 8.49. The Kier molecular flexibility index (Phi) is 3.71. The zero-order chi connectivity index (χ0) is 13.3. The van der Waals surface area contributed by atoms with Gasteiger partial charge in [0.25, 0.3) is 0 Å². The van der Waals surface area contributed by atoms with Gasteiger partial charge in [-0.3, -0.25) is 10.1 Å². The van der Waals surface area contributed by atoms with Crippen molar-refractivity contribution in [3.63, 3.8) is 0 Å². The number of nitro groups is 1. The molecule has 1 aliphatic heterocycles. The molecular formula is C12H16ClN3O2. The summed E-state index contributed by atoms with van der Waals surface area (Å²) in [6, 6.07) is 2.88. The Bertz CT molecular complexity index is 467. The van der Waals surface area contributed by atoms with E-state index in [4.69, 9.17) is 11.6 Å². The van der Waals surface area contributed by atoms with Crippen molar-refractivity contribution in [1.29, 1.82) is 0 Å². The van der Waals surface area contributed by atoms with Crippen LogP contribution < -0.4 is 4.90 Å². The van der Waals surface area contributed by atoms with Crippen LogP contribution in [0, 0.1) is 22.0 Å². The second-order valence-electron chi connectivity index (χ2n) is 4.92. The van der Waals surface area contributed by atoms with Gasteiger partial charge in [0.05, 0.1) is 4.92 Å².